The molecule has 0 heterocycles. The van der Waals surface area contributed by atoms with Gasteiger partial charge in [-0.05, 0) is 12.5 Å². The Hall–Kier alpha value is -1.27. The molecule has 0 aliphatic heterocycles. The van der Waals surface area contributed by atoms with Gasteiger partial charge in [-0.25, -0.2) is 0 Å². The molecule has 0 atom stereocenters. The van der Waals surface area contributed by atoms with Gasteiger partial charge in [0.25, 0.3) is 0 Å². The monoisotopic (exact) mass is 181 g/mol. The van der Waals surface area contributed by atoms with Crippen LogP contribution in [0.15, 0.2) is 12.7 Å². The van der Waals surface area contributed by atoms with Crippen molar-refractivity contribution >= 4 is 5.91 Å². The fourth-order valence-corrected chi connectivity index (χ4v) is 0.922. The van der Waals surface area contributed by atoms with E-state index in [4.69, 9.17) is 11.5 Å². The Morgan fingerprint density at radius 1 is 1.62 bits per heavy atom. The molecule has 3 nitrogen and oxygen atoms in total. The van der Waals surface area contributed by atoms with Gasteiger partial charge < -0.3 is 10.0 Å². The van der Waals surface area contributed by atoms with Crippen molar-refractivity contribution < 1.29 is 9.90 Å². The minimum absolute atomic E-state index is 0.0803. The molecule has 3 heteroatoms. The van der Waals surface area contributed by atoms with E-state index in [-0.39, 0.29) is 12.5 Å². The van der Waals surface area contributed by atoms with Gasteiger partial charge in [-0.1, -0.05) is 6.58 Å². The van der Waals surface area contributed by atoms with Crippen LogP contribution in [0, 0.1) is 12.3 Å². The molecular formula is C10H15NO2. The van der Waals surface area contributed by atoms with Gasteiger partial charge in [-0.15, -0.1) is 12.3 Å². The molecular weight excluding hydrogens is 166 g/mol. The standard InChI is InChI=1S/C10H15NO2/c1-3-5-7-11(8-6-9-12)10(13)4-2/h1,4,12H,2,5-9H2. The molecule has 1 amide bonds. The number of carbonyl (C=O) groups is 1. The minimum atomic E-state index is -0.135. The fourth-order valence-electron chi connectivity index (χ4n) is 0.922. The van der Waals surface area contributed by atoms with Crippen LogP contribution in [0.2, 0.25) is 0 Å². The number of amides is 1. The highest BCUT2D eigenvalue weighted by Crippen LogP contribution is 1.95. The molecule has 0 rings (SSSR count). The van der Waals surface area contributed by atoms with Crippen LogP contribution in [0.3, 0.4) is 0 Å². The Morgan fingerprint density at radius 3 is 2.77 bits per heavy atom. The molecule has 0 aromatic carbocycles. The third-order valence-electron chi connectivity index (χ3n) is 1.60. The number of terminal acetylenes is 1. The Bertz CT molecular complexity index is 205. The zero-order valence-electron chi connectivity index (χ0n) is 7.70. The zero-order chi connectivity index (χ0) is 10.1. The van der Waals surface area contributed by atoms with Gasteiger partial charge in [-0.2, -0.15) is 0 Å². The molecule has 0 aliphatic rings. The van der Waals surface area contributed by atoms with Gasteiger partial charge in [0.1, 0.15) is 0 Å². The highest BCUT2D eigenvalue weighted by molar-refractivity contribution is 5.86. The molecule has 0 saturated carbocycles. The predicted octanol–water partition coefficient (Wildman–Crippen LogP) is 0.407. The molecule has 0 spiro atoms. The number of hydrogen-bond donors (Lipinski definition) is 1. The molecule has 1 N–H and O–H groups in total. The molecule has 0 fully saturated rings. The Labute approximate surface area is 79.0 Å². The highest BCUT2D eigenvalue weighted by Gasteiger charge is 2.07. The normalized spacial score (nSPS) is 8.92. The first-order valence-electron chi connectivity index (χ1n) is 4.22. The SMILES string of the molecule is C#CCCN(CCCO)C(=O)C=C. The summed E-state index contributed by atoms with van der Waals surface area (Å²) in [4.78, 5) is 12.8. The summed E-state index contributed by atoms with van der Waals surface area (Å²) in [6.07, 6.45) is 7.45. The van der Waals surface area contributed by atoms with Crippen molar-refractivity contribution in [1.82, 2.24) is 4.90 Å². The number of carbonyl (C=O) groups excluding carboxylic acids is 1. The summed E-state index contributed by atoms with van der Waals surface area (Å²) in [6, 6.07) is 0. The summed E-state index contributed by atoms with van der Waals surface area (Å²) in [5.74, 6) is 2.33. The van der Waals surface area contributed by atoms with Crippen molar-refractivity contribution in [3.8, 4) is 12.3 Å². The van der Waals surface area contributed by atoms with E-state index in [1.165, 1.54) is 6.08 Å². The van der Waals surface area contributed by atoms with Gasteiger partial charge in [-0.3, -0.25) is 4.79 Å². The molecule has 0 aromatic heterocycles. The van der Waals surface area contributed by atoms with E-state index in [0.717, 1.165) is 0 Å². The maximum Gasteiger partial charge on any atom is 0.245 e. The predicted molar refractivity (Wildman–Crippen MR) is 51.9 cm³/mol. The van der Waals surface area contributed by atoms with Crippen molar-refractivity contribution in [3.05, 3.63) is 12.7 Å². The molecule has 0 saturated heterocycles. The number of rotatable bonds is 6. The number of hydrogen-bond acceptors (Lipinski definition) is 2. The summed E-state index contributed by atoms with van der Waals surface area (Å²) >= 11 is 0. The average molecular weight is 181 g/mol. The van der Waals surface area contributed by atoms with Gasteiger partial charge >= 0.3 is 0 Å². The Balaban J connectivity index is 3.95. The topological polar surface area (TPSA) is 40.5 Å². The number of aliphatic hydroxyl groups is 1. The summed E-state index contributed by atoms with van der Waals surface area (Å²) in [5.41, 5.74) is 0. The van der Waals surface area contributed by atoms with E-state index in [0.29, 0.717) is 25.9 Å². The summed E-state index contributed by atoms with van der Waals surface area (Å²) in [6.45, 7) is 4.53. The first kappa shape index (κ1) is 11.7. The second kappa shape index (κ2) is 7.38. The summed E-state index contributed by atoms with van der Waals surface area (Å²) in [7, 11) is 0. The lowest BCUT2D eigenvalue weighted by Gasteiger charge is -2.19. The smallest absolute Gasteiger partial charge is 0.245 e. The molecule has 0 aliphatic carbocycles. The van der Waals surface area contributed by atoms with Crippen molar-refractivity contribution in [2.45, 2.75) is 12.8 Å². The van der Waals surface area contributed by atoms with Crippen LogP contribution >= 0.6 is 0 Å². The third-order valence-corrected chi connectivity index (χ3v) is 1.60. The second-order valence-electron chi connectivity index (χ2n) is 2.56. The van der Waals surface area contributed by atoms with Crippen LogP contribution in [0.1, 0.15) is 12.8 Å². The van der Waals surface area contributed by atoms with Crippen molar-refractivity contribution in [3.63, 3.8) is 0 Å². The third kappa shape index (κ3) is 5.05. The van der Waals surface area contributed by atoms with Crippen LogP contribution in [-0.2, 0) is 4.79 Å². The van der Waals surface area contributed by atoms with Crippen LogP contribution in [0.4, 0.5) is 0 Å². The first-order chi connectivity index (χ1) is 6.26. The van der Waals surface area contributed by atoms with Crippen molar-refractivity contribution in [2.75, 3.05) is 19.7 Å². The number of aliphatic hydroxyl groups excluding tert-OH is 1. The maximum atomic E-state index is 11.2. The highest BCUT2D eigenvalue weighted by atomic mass is 16.3. The van der Waals surface area contributed by atoms with Gasteiger partial charge in [0, 0.05) is 26.1 Å². The van der Waals surface area contributed by atoms with E-state index in [9.17, 15) is 4.79 Å². The van der Waals surface area contributed by atoms with E-state index >= 15 is 0 Å². The summed E-state index contributed by atoms with van der Waals surface area (Å²) < 4.78 is 0. The van der Waals surface area contributed by atoms with Gasteiger partial charge in [0.15, 0.2) is 0 Å². The van der Waals surface area contributed by atoms with Crippen LogP contribution in [-0.4, -0.2) is 35.6 Å². The largest absolute Gasteiger partial charge is 0.396 e. The molecule has 0 unspecified atom stereocenters. The molecule has 13 heavy (non-hydrogen) atoms. The van der Waals surface area contributed by atoms with E-state index in [2.05, 4.69) is 12.5 Å². The van der Waals surface area contributed by atoms with E-state index < -0.39 is 0 Å². The lowest BCUT2D eigenvalue weighted by molar-refractivity contribution is -0.126. The van der Waals surface area contributed by atoms with Crippen LogP contribution in [0.5, 0.6) is 0 Å². The quantitative estimate of drug-likeness (QED) is 0.476. The fraction of sp³-hybridized carbons (Fsp3) is 0.500. The van der Waals surface area contributed by atoms with Crippen LogP contribution in [0.25, 0.3) is 0 Å². The second-order valence-corrected chi connectivity index (χ2v) is 2.56. The first-order valence-corrected chi connectivity index (χ1v) is 4.22. The van der Waals surface area contributed by atoms with E-state index in [1.54, 1.807) is 4.90 Å². The Morgan fingerprint density at radius 2 is 2.31 bits per heavy atom. The zero-order valence-corrected chi connectivity index (χ0v) is 7.70. The van der Waals surface area contributed by atoms with E-state index in [1.807, 2.05) is 0 Å². The van der Waals surface area contributed by atoms with Gasteiger partial charge in [0.05, 0.1) is 0 Å². The average Bonchev–Trinajstić information content (AvgIpc) is 2.17. The van der Waals surface area contributed by atoms with Crippen molar-refractivity contribution in [1.29, 1.82) is 0 Å². The van der Waals surface area contributed by atoms with Gasteiger partial charge in [0.2, 0.25) is 5.91 Å². The van der Waals surface area contributed by atoms with Crippen molar-refractivity contribution in [2.24, 2.45) is 0 Å². The molecule has 72 valence electrons. The molecule has 0 bridgehead atoms. The lowest BCUT2D eigenvalue weighted by Crippen LogP contribution is -2.31. The Kier molecular flexibility index (Phi) is 6.66. The number of nitrogens with zero attached hydrogens (tertiary/aromatic N) is 1. The maximum absolute atomic E-state index is 11.2. The minimum Gasteiger partial charge on any atom is -0.396 e. The van der Waals surface area contributed by atoms with Crippen LogP contribution < -0.4 is 0 Å². The lowest BCUT2D eigenvalue weighted by atomic mass is 10.3. The molecule has 0 radical (unpaired) electrons. The summed E-state index contributed by atoms with van der Waals surface area (Å²) in [5, 5.41) is 8.59. The molecule has 0 aromatic rings.